The molecule has 1 aliphatic rings. The van der Waals surface area contributed by atoms with Crippen LogP contribution >= 0.6 is 0 Å². The van der Waals surface area contributed by atoms with Crippen LogP contribution in [0.5, 0.6) is 0 Å². The van der Waals surface area contributed by atoms with E-state index < -0.39 is 5.60 Å². The molecular formula is C9H20N2O. The van der Waals surface area contributed by atoms with Crippen molar-refractivity contribution < 1.29 is 5.11 Å². The third-order valence-corrected chi connectivity index (χ3v) is 3.01. The quantitative estimate of drug-likeness (QED) is 0.618. The Hall–Kier alpha value is -0.120. The Morgan fingerprint density at radius 1 is 1.50 bits per heavy atom. The minimum Gasteiger partial charge on any atom is -0.389 e. The van der Waals surface area contributed by atoms with E-state index in [-0.39, 0.29) is 0 Å². The van der Waals surface area contributed by atoms with Crippen molar-refractivity contribution in [2.24, 2.45) is 11.7 Å². The lowest BCUT2D eigenvalue weighted by Gasteiger charge is -2.37. The van der Waals surface area contributed by atoms with E-state index >= 15 is 0 Å². The van der Waals surface area contributed by atoms with Crippen LogP contribution in [0.4, 0.5) is 0 Å². The van der Waals surface area contributed by atoms with E-state index in [9.17, 15) is 5.11 Å². The van der Waals surface area contributed by atoms with Crippen molar-refractivity contribution in [3.05, 3.63) is 0 Å². The molecular weight excluding hydrogens is 152 g/mol. The Morgan fingerprint density at radius 3 is 2.42 bits per heavy atom. The van der Waals surface area contributed by atoms with Gasteiger partial charge in [-0.25, -0.2) is 0 Å². The molecule has 72 valence electrons. The zero-order chi connectivity index (χ0) is 9.19. The number of piperidine rings is 1. The van der Waals surface area contributed by atoms with E-state index in [0.29, 0.717) is 12.5 Å². The summed E-state index contributed by atoms with van der Waals surface area (Å²) in [6.07, 6.45) is 2.14. The van der Waals surface area contributed by atoms with Crippen molar-refractivity contribution in [3.8, 4) is 0 Å². The molecule has 1 heterocycles. The summed E-state index contributed by atoms with van der Waals surface area (Å²) in [5, 5.41) is 9.89. The zero-order valence-electron chi connectivity index (χ0n) is 8.08. The lowest BCUT2D eigenvalue weighted by molar-refractivity contribution is -0.0174. The molecule has 0 aromatic rings. The van der Waals surface area contributed by atoms with Gasteiger partial charge >= 0.3 is 0 Å². The Balaban J connectivity index is 2.44. The molecule has 1 fully saturated rings. The average Bonchev–Trinajstić information content (AvgIpc) is 2.05. The van der Waals surface area contributed by atoms with Gasteiger partial charge in [-0.05, 0) is 45.8 Å². The molecule has 0 bridgehead atoms. The molecule has 0 saturated carbocycles. The minimum atomic E-state index is -0.652. The van der Waals surface area contributed by atoms with Gasteiger partial charge in [0.1, 0.15) is 0 Å². The van der Waals surface area contributed by atoms with E-state index in [0.717, 1.165) is 25.9 Å². The minimum absolute atomic E-state index is 0.376. The number of rotatable bonds is 2. The van der Waals surface area contributed by atoms with Crippen LogP contribution in [0.1, 0.15) is 19.8 Å². The summed E-state index contributed by atoms with van der Waals surface area (Å²) in [5.74, 6) is 0.388. The van der Waals surface area contributed by atoms with Crippen LogP contribution in [0.15, 0.2) is 0 Å². The van der Waals surface area contributed by atoms with Gasteiger partial charge < -0.3 is 15.7 Å². The maximum atomic E-state index is 9.89. The standard InChI is InChI=1S/C9H20N2O/c1-9(12,7-10)8-3-5-11(2)6-4-8/h8,12H,3-7,10H2,1-2H3. The second kappa shape index (κ2) is 3.73. The third-order valence-electron chi connectivity index (χ3n) is 3.01. The normalized spacial score (nSPS) is 27.0. The van der Waals surface area contributed by atoms with Crippen molar-refractivity contribution in [2.45, 2.75) is 25.4 Å². The van der Waals surface area contributed by atoms with E-state index in [2.05, 4.69) is 11.9 Å². The van der Waals surface area contributed by atoms with Crippen molar-refractivity contribution >= 4 is 0 Å². The van der Waals surface area contributed by atoms with Gasteiger partial charge in [-0.2, -0.15) is 0 Å². The van der Waals surface area contributed by atoms with Crippen molar-refractivity contribution in [3.63, 3.8) is 0 Å². The molecule has 0 amide bonds. The van der Waals surface area contributed by atoms with Crippen LogP contribution in [-0.2, 0) is 0 Å². The number of hydrogen-bond acceptors (Lipinski definition) is 3. The predicted octanol–water partition coefficient (Wildman–Crippen LogP) is 0.0379. The van der Waals surface area contributed by atoms with Gasteiger partial charge in [0.15, 0.2) is 0 Å². The Kier molecular flexibility index (Phi) is 3.09. The molecule has 0 spiro atoms. The first-order valence-electron chi connectivity index (χ1n) is 4.67. The van der Waals surface area contributed by atoms with Crippen LogP contribution in [0.3, 0.4) is 0 Å². The molecule has 1 rings (SSSR count). The highest BCUT2D eigenvalue weighted by Crippen LogP contribution is 2.26. The van der Waals surface area contributed by atoms with Gasteiger partial charge in [-0.15, -0.1) is 0 Å². The molecule has 0 aromatic heterocycles. The van der Waals surface area contributed by atoms with Gasteiger partial charge in [-0.1, -0.05) is 0 Å². The predicted molar refractivity (Wildman–Crippen MR) is 49.9 cm³/mol. The molecule has 0 aromatic carbocycles. The summed E-state index contributed by atoms with van der Waals surface area (Å²) in [6, 6.07) is 0. The molecule has 0 radical (unpaired) electrons. The van der Waals surface area contributed by atoms with Crippen LogP contribution in [0, 0.1) is 5.92 Å². The lowest BCUT2D eigenvalue weighted by atomic mass is 9.82. The molecule has 12 heavy (non-hydrogen) atoms. The van der Waals surface area contributed by atoms with E-state index in [1.807, 2.05) is 6.92 Å². The molecule has 3 nitrogen and oxygen atoms in total. The number of hydrogen-bond donors (Lipinski definition) is 2. The van der Waals surface area contributed by atoms with Gasteiger partial charge in [0.25, 0.3) is 0 Å². The third kappa shape index (κ3) is 2.19. The highest BCUT2D eigenvalue weighted by molar-refractivity contribution is 4.86. The molecule has 3 heteroatoms. The van der Waals surface area contributed by atoms with Crippen LogP contribution in [0.25, 0.3) is 0 Å². The van der Waals surface area contributed by atoms with Crippen molar-refractivity contribution in [1.29, 1.82) is 0 Å². The van der Waals surface area contributed by atoms with E-state index in [1.54, 1.807) is 0 Å². The molecule has 0 aliphatic carbocycles. The van der Waals surface area contributed by atoms with Gasteiger partial charge in [0.05, 0.1) is 5.60 Å². The fourth-order valence-corrected chi connectivity index (χ4v) is 1.80. The zero-order valence-corrected chi connectivity index (χ0v) is 8.08. The lowest BCUT2D eigenvalue weighted by Crippen LogP contribution is -2.46. The topological polar surface area (TPSA) is 49.5 Å². The first-order valence-corrected chi connectivity index (χ1v) is 4.67. The Labute approximate surface area is 74.5 Å². The largest absolute Gasteiger partial charge is 0.389 e. The summed E-state index contributed by atoms with van der Waals surface area (Å²) < 4.78 is 0. The van der Waals surface area contributed by atoms with Crippen LogP contribution in [0.2, 0.25) is 0 Å². The fourth-order valence-electron chi connectivity index (χ4n) is 1.80. The molecule has 1 atom stereocenters. The highest BCUT2D eigenvalue weighted by Gasteiger charge is 2.32. The molecule has 1 saturated heterocycles. The first-order chi connectivity index (χ1) is 5.56. The summed E-state index contributed by atoms with van der Waals surface area (Å²) in [6.45, 7) is 4.39. The Bertz CT molecular complexity index is 139. The summed E-state index contributed by atoms with van der Waals surface area (Å²) in [4.78, 5) is 2.29. The monoisotopic (exact) mass is 172 g/mol. The first kappa shape index (κ1) is 9.96. The summed E-state index contributed by atoms with van der Waals surface area (Å²) in [5.41, 5.74) is 4.86. The van der Waals surface area contributed by atoms with Crippen molar-refractivity contribution in [2.75, 3.05) is 26.7 Å². The van der Waals surface area contributed by atoms with Gasteiger partial charge in [-0.3, -0.25) is 0 Å². The van der Waals surface area contributed by atoms with Crippen LogP contribution < -0.4 is 5.73 Å². The van der Waals surface area contributed by atoms with Crippen molar-refractivity contribution in [1.82, 2.24) is 4.90 Å². The molecule has 1 aliphatic heterocycles. The SMILES string of the molecule is CN1CCC(C(C)(O)CN)CC1. The average molecular weight is 172 g/mol. The van der Waals surface area contributed by atoms with Crippen LogP contribution in [-0.4, -0.2) is 42.3 Å². The maximum absolute atomic E-state index is 9.89. The second-order valence-electron chi connectivity index (χ2n) is 4.14. The summed E-state index contributed by atoms with van der Waals surface area (Å²) >= 11 is 0. The van der Waals surface area contributed by atoms with Gasteiger partial charge in [0.2, 0.25) is 0 Å². The highest BCUT2D eigenvalue weighted by atomic mass is 16.3. The van der Waals surface area contributed by atoms with E-state index in [4.69, 9.17) is 5.73 Å². The molecule has 3 N–H and O–H groups in total. The number of likely N-dealkylation sites (tertiary alicyclic amines) is 1. The smallest absolute Gasteiger partial charge is 0.0770 e. The summed E-state index contributed by atoms with van der Waals surface area (Å²) in [7, 11) is 2.12. The molecule has 1 unspecified atom stereocenters. The number of nitrogens with two attached hydrogens (primary N) is 1. The maximum Gasteiger partial charge on any atom is 0.0770 e. The number of aliphatic hydroxyl groups is 1. The Morgan fingerprint density at radius 2 is 2.00 bits per heavy atom. The number of nitrogens with zero attached hydrogens (tertiary/aromatic N) is 1. The van der Waals surface area contributed by atoms with E-state index in [1.165, 1.54) is 0 Å². The fraction of sp³-hybridized carbons (Fsp3) is 1.00. The second-order valence-corrected chi connectivity index (χ2v) is 4.14. The van der Waals surface area contributed by atoms with Gasteiger partial charge in [0, 0.05) is 6.54 Å².